The highest BCUT2D eigenvalue weighted by molar-refractivity contribution is 5.98. The van der Waals surface area contributed by atoms with Crippen molar-refractivity contribution in [1.29, 1.82) is 5.26 Å². The summed E-state index contributed by atoms with van der Waals surface area (Å²) in [5.74, 6) is -0.543. The van der Waals surface area contributed by atoms with Crippen LogP contribution in [-0.4, -0.2) is 26.3 Å². The summed E-state index contributed by atoms with van der Waals surface area (Å²) in [5.41, 5.74) is 2.00. The molecule has 0 amide bonds. The van der Waals surface area contributed by atoms with Gasteiger partial charge in [0.1, 0.15) is 17.2 Å². The van der Waals surface area contributed by atoms with Crippen molar-refractivity contribution in [2.24, 2.45) is 5.92 Å². The van der Waals surface area contributed by atoms with Gasteiger partial charge in [0.05, 0.1) is 23.5 Å². The molecule has 0 aliphatic carbocycles. The minimum Gasteiger partial charge on any atom is -0.292 e. The molecule has 0 atom stereocenters. The molecule has 2 heterocycles. The Morgan fingerprint density at radius 3 is 2.60 bits per heavy atom. The number of nitriles is 1. The molecular weight excluding hydrogens is 383 g/mol. The first-order chi connectivity index (χ1) is 14.4. The summed E-state index contributed by atoms with van der Waals surface area (Å²) in [6, 6.07) is 10.8. The molecule has 6 nitrogen and oxygen atoms in total. The highest BCUT2D eigenvalue weighted by atomic mass is 19.1. The van der Waals surface area contributed by atoms with E-state index in [2.05, 4.69) is 10.1 Å². The second kappa shape index (κ2) is 9.23. The van der Waals surface area contributed by atoms with E-state index >= 15 is 0 Å². The zero-order valence-electron chi connectivity index (χ0n) is 16.8. The van der Waals surface area contributed by atoms with Crippen LogP contribution in [0.4, 0.5) is 4.39 Å². The maximum absolute atomic E-state index is 13.6. The average molecular weight is 404 g/mol. The number of hydrogen-bond acceptors (Lipinski definition) is 5. The Morgan fingerprint density at radius 2 is 1.90 bits per heavy atom. The molecule has 3 aromatic rings. The van der Waals surface area contributed by atoms with E-state index in [1.54, 1.807) is 30.6 Å². The second-order valence-electron chi connectivity index (χ2n) is 7.46. The lowest BCUT2D eigenvalue weighted by Crippen LogP contribution is -2.10. The van der Waals surface area contributed by atoms with Crippen LogP contribution in [0.15, 0.2) is 48.8 Å². The minimum absolute atomic E-state index is 0.0761. The summed E-state index contributed by atoms with van der Waals surface area (Å²) in [4.78, 5) is 28.9. The molecule has 0 fully saturated rings. The Morgan fingerprint density at radius 1 is 1.17 bits per heavy atom. The van der Waals surface area contributed by atoms with E-state index in [1.807, 2.05) is 19.9 Å². The van der Waals surface area contributed by atoms with Gasteiger partial charge in [-0.05, 0) is 48.2 Å². The molecule has 0 saturated heterocycles. The van der Waals surface area contributed by atoms with E-state index < -0.39 is 5.82 Å². The Hall–Kier alpha value is -3.66. The van der Waals surface area contributed by atoms with E-state index in [-0.39, 0.29) is 35.2 Å². The van der Waals surface area contributed by atoms with Gasteiger partial charge in [-0.1, -0.05) is 19.9 Å². The molecule has 1 aromatic carbocycles. The first-order valence-electron chi connectivity index (χ1n) is 9.64. The molecule has 0 unspecified atom stereocenters. The number of rotatable bonds is 8. The lowest BCUT2D eigenvalue weighted by molar-refractivity contribution is 0.0962. The third-order valence-electron chi connectivity index (χ3n) is 4.47. The number of nitrogens with zero attached hydrogens (tertiary/aromatic N) is 4. The number of halogens is 1. The number of benzene rings is 1. The highest BCUT2D eigenvalue weighted by Crippen LogP contribution is 2.15. The van der Waals surface area contributed by atoms with Crippen molar-refractivity contribution in [2.45, 2.75) is 33.1 Å². The van der Waals surface area contributed by atoms with E-state index in [1.165, 1.54) is 16.8 Å². The summed E-state index contributed by atoms with van der Waals surface area (Å²) < 4.78 is 15.1. The Balaban J connectivity index is 1.67. The normalized spacial score (nSPS) is 10.8. The molecule has 7 heteroatoms. The van der Waals surface area contributed by atoms with E-state index in [0.717, 1.165) is 11.6 Å². The molecule has 0 aliphatic heterocycles. The quantitative estimate of drug-likeness (QED) is 0.522. The van der Waals surface area contributed by atoms with Crippen molar-refractivity contribution in [1.82, 2.24) is 14.8 Å². The minimum atomic E-state index is -0.519. The van der Waals surface area contributed by atoms with Gasteiger partial charge < -0.3 is 0 Å². The molecule has 0 bridgehead atoms. The number of pyridine rings is 1. The number of carbonyl (C=O) groups excluding carboxylic acids is 2. The van der Waals surface area contributed by atoms with Crippen LogP contribution in [-0.2, 0) is 6.42 Å². The van der Waals surface area contributed by atoms with Crippen LogP contribution in [0.3, 0.4) is 0 Å². The fourth-order valence-corrected chi connectivity index (χ4v) is 3.01. The fraction of sp³-hybridized carbons (Fsp3) is 0.261. The van der Waals surface area contributed by atoms with Gasteiger partial charge in [0, 0.05) is 19.0 Å². The van der Waals surface area contributed by atoms with Gasteiger partial charge >= 0.3 is 0 Å². The molecular formula is C23H21FN4O2. The van der Waals surface area contributed by atoms with Gasteiger partial charge in [0.15, 0.2) is 11.6 Å². The van der Waals surface area contributed by atoms with Crippen LogP contribution in [0.1, 0.15) is 58.8 Å². The molecule has 0 saturated carbocycles. The van der Waals surface area contributed by atoms with E-state index in [4.69, 9.17) is 5.26 Å². The maximum Gasteiger partial charge on any atom is 0.181 e. The van der Waals surface area contributed by atoms with Gasteiger partial charge in [-0.15, -0.1) is 0 Å². The topological polar surface area (TPSA) is 88.6 Å². The zero-order valence-corrected chi connectivity index (χ0v) is 16.8. The molecule has 30 heavy (non-hydrogen) atoms. The van der Waals surface area contributed by atoms with Gasteiger partial charge in [0.25, 0.3) is 0 Å². The van der Waals surface area contributed by atoms with Gasteiger partial charge in [-0.2, -0.15) is 10.4 Å². The van der Waals surface area contributed by atoms with Crippen LogP contribution in [0.5, 0.6) is 0 Å². The number of aromatic nitrogens is 3. The third kappa shape index (κ3) is 5.23. The largest absolute Gasteiger partial charge is 0.292 e. The zero-order chi connectivity index (χ0) is 21.7. The van der Waals surface area contributed by atoms with Crippen molar-refractivity contribution in [3.63, 3.8) is 0 Å². The first-order valence-corrected chi connectivity index (χ1v) is 9.64. The molecule has 0 N–H and O–H groups in total. The Kier molecular flexibility index (Phi) is 6.48. The number of aryl methyl sites for hydroxylation is 1. The van der Waals surface area contributed by atoms with Crippen LogP contribution in [0.2, 0.25) is 0 Å². The second-order valence-corrected chi connectivity index (χ2v) is 7.46. The van der Waals surface area contributed by atoms with Crippen molar-refractivity contribution in [3.8, 4) is 11.8 Å². The molecule has 0 radical (unpaired) electrons. The van der Waals surface area contributed by atoms with E-state index in [9.17, 15) is 14.0 Å². The lowest BCUT2D eigenvalue weighted by Gasteiger charge is -2.05. The summed E-state index contributed by atoms with van der Waals surface area (Å²) in [6.07, 6.45) is 4.30. The molecule has 0 spiro atoms. The fourth-order valence-electron chi connectivity index (χ4n) is 3.01. The standard InChI is InChI=1S/C23H21FN4O2/c1-15(2)8-23(30)21-5-3-4-20(27-21)22(29)7-6-16-13-26-28(14-16)19-10-17(12-25)9-18(24)11-19/h3-5,9-11,13-15H,6-8H2,1-2H3. The van der Waals surface area contributed by atoms with Crippen LogP contribution in [0.25, 0.3) is 5.69 Å². The molecule has 2 aromatic heterocycles. The number of hydrogen-bond donors (Lipinski definition) is 0. The van der Waals surface area contributed by atoms with Crippen molar-refractivity contribution >= 4 is 11.6 Å². The molecule has 0 aliphatic rings. The third-order valence-corrected chi connectivity index (χ3v) is 4.47. The highest BCUT2D eigenvalue weighted by Gasteiger charge is 2.14. The Bertz CT molecular complexity index is 1130. The summed E-state index contributed by atoms with van der Waals surface area (Å²) in [5, 5.41) is 13.2. The van der Waals surface area contributed by atoms with E-state index in [0.29, 0.717) is 24.2 Å². The summed E-state index contributed by atoms with van der Waals surface area (Å²) in [7, 11) is 0. The van der Waals surface area contributed by atoms with Gasteiger partial charge in [-0.3, -0.25) is 9.59 Å². The predicted octanol–water partition coefficient (Wildman–Crippen LogP) is 4.32. The monoisotopic (exact) mass is 404 g/mol. The number of ketones is 2. The summed E-state index contributed by atoms with van der Waals surface area (Å²) in [6.45, 7) is 3.91. The number of Topliss-reactive ketones (excluding diaryl/α,β-unsaturated/α-hetero) is 2. The van der Waals surface area contributed by atoms with Gasteiger partial charge in [-0.25, -0.2) is 14.1 Å². The van der Waals surface area contributed by atoms with Crippen molar-refractivity contribution < 1.29 is 14.0 Å². The number of carbonyl (C=O) groups is 2. The summed E-state index contributed by atoms with van der Waals surface area (Å²) >= 11 is 0. The van der Waals surface area contributed by atoms with Crippen LogP contribution < -0.4 is 0 Å². The van der Waals surface area contributed by atoms with Gasteiger partial charge in [0.2, 0.25) is 0 Å². The predicted molar refractivity (Wildman–Crippen MR) is 109 cm³/mol. The maximum atomic E-state index is 13.6. The average Bonchev–Trinajstić information content (AvgIpc) is 3.20. The lowest BCUT2D eigenvalue weighted by atomic mass is 10.0. The Labute approximate surface area is 174 Å². The van der Waals surface area contributed by atoms with Crippen molar-refractivity contribution in [3.05, 3.63) is 77.1 Å². The SMILES string of the molecule is CC(C)CC(=O)c1cccc(C(=O)CCc2cnn(-c3cc(F)cc(C#N)c3)c2)n1. The van der Waals surface area contributed by atoms with Crippen LogP contribution >= 0.6 is 0 Å². The first kappa shape index (κ1) is 21.1. The smallest absolute Gasteiger partial charge is 0.181 e. The van der Waals surface area contributed by atoms with Crippen LogP contribution in [0, 0.1) is 23.1 Å². The molecule has 3 rings (SSSR count). The van der Waals surface area contributed by atoms with Crippen molar-refractivity contribution in [2.75, 3.05) is 0 Å². The molecule has 152 valence electrons.